The van der Waals surface area contributed by atoms with Gasteiger partial charge in [0.1, 0.15) is 5.82 Å². The van der Waals surface area contributed by atoms with Crippen LogP contribution in [0.25, 0.3) is 0 Å². The van der Waals surface area contributed by atoms with Crippen molar-refractivity contribution in [2.24, 2.45) is 11.7 Å². The zero-order chi connectivity index (χ0) is 13.7. The molecule has 0 aromatic carbocycles. The van der Waals surface area contributed by atoms with Crippen molar-refractivity contribution in [1.29, 1.82) is 0 Å². The van der Waals surface area contributed by atoms with Gasteiger partial charge in [-0.15, -0.1) is 0 Å². The fourth-order valence-electron chi connectivity index (χ4n) is 1.46. The molecule has 1 aromatic heterocycles. The van der Waals surface area contributed by atoms with Crippen molar-refractivity contribution in [3.05, 3.63) is 18.3 Å². The molecule has 18 heavy (non-hydrogen) atoms. The molecule has 0 bridgehead atoms. The lowest BCUT2D eigenvalue weighted by Crippen LogP contribution is -2.40. The molecule has 5 nitrogen and oxygen atoms in total. The number of amides is 1. The van der Waals surface area contributed by atoms with Crippen molar-refractivity contribution in [3.8, 4) is 0 Å². The summed E-state index contributed by atoms with van der Waals surface area (Å²) in [5, 5.41) is 2.78. The number of nitrogens with two attached hydrogens (primary N) is 1. The van der Waals surface area contributed by atoms with Crippen molar-refractivity contribution in [3.63, 3.8) is 0 Å². The highest BCUT2D eigenvalue weighted by Crippen LogP contribution is 2.13. The van der Waals surface area contributed by atoms with Gasteiger partial charge in [-0.1, -0.05) is 20.3 Å². The van der Waals surface area contributed by atoms with E-state index < -0.39 is 6.04 Å². The van der Waals surface area contributed by atoms with Gasteiger partial charge in [-0.05, 0) is 18.1 Å². The lowest BCUT2D eigenvalue weighted by atomic mass is 9.99. The average Bonchev–Trinajstić information content (AvgIpc) is 2.37. The Morgan fingerprint density at radius 3 is 2.61 bits per heavy atom. The van der Waals surface area contributed by atoms with Crippen molar-refractivity contribution < 1.29 is 4.79 Å². The second kappa shape index (κ2) is 6.35. The Kier molecular flexibility index (Phi) is 5.09. The number of pyridine rings is 1. The minimum Gasteiger partial charge on any atom is -0.363 e. The summed E-state index contributed by atoms with van der Waals surface area (Å²) in [6, 6.07) is 3.19. The standard InChI is InChI=1S/C13H22N4O/c1-5-9(2)12(14)13(18)16-10-6-7-11(15-8-10)17(3)4/h6-9,12H,5,14H2,1-4H3,(H,16,18)/t9-,12-/m0/s1. The normalized spacial score (nSPS) is 13.8. The maximum atomic E-state index is 11.9. The summed E-state index contributed by atoms with van der Waals surface area (Å²) in [6.07, 6.45) is 2.52. The van der Waals surface area contributed by atoms with Gasteiger partial charge in [0.15, 0.2) is 0 Å². The smallest absolute Gasteiger partial charge is 0.241 e. The van der Waals surface area contributed by atoms with E-state index in [1.165, 1.54) is 0 Å². The predicted molar refractivity (Wildman–Crippen MR) is 74.6 cm³/mol. The molecule has 1 heterocycles. The van der Waals surface area contributed by atoms with E-state index in [4.69, 9.17) is 5.73 Å². The molecule has 0 saturated heterocycles. The number of hydrogen-bond acceptors (Lipinski definition) is 4. The summed E-state index contributed by atoms with van der Waals surface area (Å²) >= 11 is 0. The van der Waals surface area contributed by atoms with E-state index in [-0.39, 0.29) is 11.8 Å². The number of nitrogens with zero attached hydrogens (tertiary/aromatic N) is 2. The Morgan fingerprint density at radius 2 is 2.17 bits per heavy atom. The number of carbonyl (C=O) groups is 1. The van der Waals surface area contributed by atoms with Gasteiger partial charge < -0.3 is 16.0 Å². The second-order valence-corrected chi connectivity index (χ2v) is 4.70. The molecule has 0 aliphatic carbocycles. The Bertz CT molecular complexity index is 388. The SMILES string of the molecule is CC[C@H](C)[C@H](N)C(=O)Nc1ccc(N(C)C)nc1. The van der Waals surface area contributed by atoms with Crippen LogP contribution in [-0.4, -0.2) is 31.0 Å². The Hall–Kier alpha value is -1.62. The monoisotopic (exact) mass is 250 g/mol. The fraction of sp³-hybridized carbons (Fsp3) is 0.538. The molecular weight excluding hydrogens is 228 g/mol. The minimum atomic E-state index is -0.483. The van der Waals surface area contributed by atoms with E-state index in [9.17, 15) is 4.79 Å². The first-order valence-electron chi connectivity index (χ1n) is 6.15. The minimum absolute atomic E-state index is 0.163. The molecule has 0 aliphatic heterocycles. The molecule has 0 unspecified atom stereocenters. The van der Waals surface area contributed by atoms with Crippen LogP contribution in [0, 0.1) is 5.92 Å². The van der Waals surface area contributed by atoms with Gasteiger partial charge in [0.05, 0.1) is 17.9 Å². The van der Waals surface area contributed by atoms with Gasteiger partial charge >= 0.3 is 0 Å². The topological polar surface area (TPSA) is 71.2 Å². The first-order valence-corrected chi connectivity index (χ1v) is 6.15. The van der Waals surface area contributed by atoms with Crippen molar-refractivity contribution >= 4 is 17.4 Å². The summed E-state index contributed by atoms with van der Waals surface area (Å²) in [7, 11) is 3.83. The lowest BCUT2D eigenvalue weighted by Gasteiger charge is -2.18. The largest absolute Gasteiger partial charge is 0.363 e. The molecule has 100 valence electrons. The van der Waals surface area contributed by atoms with Crippen LogP contribution in [0.5, 0.6) is 0 Å². The van der Waals surface area contributed by atoms with Crippen LogP contribution >= 0.6 is 0 Å². The van der Waals surface area contributed by atoms with Crippen LogP contribution in [0.4, 0.5) is 11.5 Å². The van der Waals surface area contributed by atoms with Crippen molar-refractivity contribution in [2.45, 2.75) is 26.3 Å². The molecule has 5 heteroatoms. The van der Waals surface area contributed by atoms with Crippen LogP contribution in [-0.2, 0) is 4.79 Å². The highest BCUT2D eigenvalue weighted by Gasteiger charge is 2.19. The molecule has 1 aromatic rings. The van der Waals surface area contributed by atoms with Crippen LogP contribution in [0.1, 0.15) is 20.3 Å². The second-order valence-electron chi connectivity index (χ2n) is 4.70. The summed E-state index contributed by atoms with van der Waals surface area (Å²) < 4.78 is 0. The first kappa shape index (κ1) is 14.4. The van der Waals surface area contributed by atoms with E-state index in [0.29, 0.717) is 5.69 Å². The maximum Gasteiger partial charge on any atom is 0.241 e. The lowest BCUT2D eigenvalue weighted by molar-refractivity contribution is -0.118. The zero-order valence-corrected chi connectivity index (χ0v) is 11.5. The quantitative estimate of drug-likeness (QED) is 0.830. The van der Waals surface area contributed by atoms with E-state index in [2.05, 4.69) is 10.3 Å². The fourth-order valence-corrected chi connectivity index (χ4v) is 1.46. The van der Waals surface area contributed by atoms with Crippen LogP contribution in [0.2, 0.25) is 0 Å². The van der Waals surface area contributed by atoms with Gasteiger partial charge in [0.2, 0.25) is 5.91 Å². The van der Waals surface area contributed by atoms with E-state index in [1.54, 1.807) is 6.20 Å². The molecule has 2 atom stereocenters. The Balaban J connectivity index is 2.65. The van der Waals surface area contributed by atoms with Crippen molar-refractivity contribution in [1.82, 2.24) is 4.98 Å². The summed E-state index contributed by atoms with van der Waals surface area (Å²) in [6.45, 7) is 3.99. The zero-order valence-electron chi connectivity index (χ0n) is 11.5. The molecule has 0 aliphatic rings. The number of anilines is 2. The molecule has 1 rings (SSSR count). The number of carbonyl (C=O) groups excluding carboxylic acids is 1. The molecule has 0 saturated carbocycles. The first-order chi connectivity index (χ1) is 8.45. The van der Waals surface area contributed by atoms with Gasteiger partial charge in [0, 0.05) is 14.1 Å². The number of rotatable bonds is 5. The third-order valence-electron chi connectivity index (χ3n) is 3.03. The number of hydrogen-bond donors (Lipinski definition) is 2. The summed E-state index contributed by atoms with van der Waals surface area (Å²) in [4.78, 5) is 18.0. The maximum absolute atomic E-state index is 11.9. The van der Waals surface area contributed by atoms with Gasteiger partial charge in [-0.3, -0.25) is 4.79 Å². The highest BCUT2D eigenvalue weighted by molar-refractivity contribution is 5.94. The van der Waals surface area contributed by atoms with Gasteiger partial charge in [-0.2, -0.15) is 0 Å². The Labute approximate surface area is 108 Å². The van der Waals surface area contributed by atoms with E-state index in [0.717, 1.165) is 12.2 Å². The third kappa shape index (κ3) is 3.70. The van der Waals surface area contributed by atoms with Crippen LogP contribution < -0.4 is 16.0 Å². The summed E-state index contributed by atoms with van der Waals surface area (Å²) in [5.41, 5.74) is 6.53. The highest BCUT2D eigenvalue weighted by atomic mass is 16.2. The molecular formula is C13H22N4O. The van der Waals surface area contributed by atoms with E-state index >= 15 is 0 Å². The number of aromatic nitrogens is 1. The van der Waals surface area contributed by atoms with Gasteiger partial charge in [0.25, 0.3) is 0 Å². The molecule has 0 fully saturated rings. The van der Waals surface area contributed by atoms with E-state index in [1.807, 2.05) is 45.0 Å². The molecule has 3 N–H and O–H groups in total. The van der Waals surface area contributed by atoms with Crippen molar-refractivity contribution in [2.75, 3.05) is 24.3 Å². The van der Waals surface area contributed by atoms with Crippen LogP contribution in [0.3, 0.4) is 0 Å². The number of nitrogens with one attached hydrogen (secondary N) is 1. The molecule has 0 spiro atoms. The predicted octanol–water partition coefficient (Wildman–Crippen LogP) is 1.46. The van der Waals surface area contributed by atoms with Gasteiger partial charge in [-0.25, -0.2) is 4.98 Å². The summed E-state index contributed by atoms with van der Waals surface area (Å²) in [5.74, 6) is 0.849. The molecule has 0 radical (unpaired) electrons. The third-order valence-corrected chi connectivity index (χ3v) is 3.03. The average molecular weight is 250 g/mol. The van der Waals surface area contributed by atoms with Crippen LogP contribution in [0.15, 0.2) is 18.3 Å². The Morgan fingerprint density at radius 1 is 1.50 bits per heavy atom. The molecule has 1 amide bonds.